The Kier molecular flexibility index (Phi) is 4.01. The van der Waals surface area contributed by atoms with E-state index >= 15 is 0 Å². The standard InChI is InChI=1S/C20H26N4O2/c1-19(2,3)26-18(25)23-10-8-20(9-11-23)12-24(13-20)17-15-6-4-5-7-16(15)21-14-22-17/h4-7,14H,8-13H2,1-3H3. The molecule has 2 fully saturated rings. The number of hydrogen-bond acceptors (Lipinski definition) is 5. The Labute approximate surface area is 154 Å². The molecule has 0 saturated carbocycles. The number of benzene rings is 1. The number of para-hydroxylation sites is 1. The highest BCUT2D eigenvalue weighted by Crippen LogP contribution is 2.43. The lowest BCUT2D eigenvalue weighted by molar-refractivity contribution is 0.00593. The molecule has 1 aromatic carbocycles. The average Bonchev–Trinajstić information content (AvgIpc) is 2.58. The number of likely N-dealkylation sites (tertiary alicyclic amines) is 1. The van der Waals surface area contributed by atoms with E-state index in [1.54, 1.807) is 6.33 Å². The summed E-state index contributed by atoms with van der Waals surface area (Å²) in [5.41, 5.74) is 0.844. The number of carbonyl (C=O) groups is 1. The van der Waals surface area contributed by atoms with Gasteiger partial charge in [-0.3, -0.25) is 0 Å². The molecule has 6 heteroatoms. The van der Waals surface area contributed by atoms with E-state index in [1.807, 2.05) is 43.9 Å². The summed E-state index contributed by atoms with van der Waals surface area (Å²) >= 11 is 0. The Morgan fingerprint density at radius 2 is 1.81 bits per heavy atom. The molecule has 2 saturated heterocycles. The maximum atomic E-state index is 12.2. The number of rotatable bonds is 1. The minimum absolute atomic E-state index is 0.190. The maximum Gasteiger partial charge on any atom is 0.410 e. The number of hydrogen-bond donors (Lipinski definition) is 0. The van der Waals surface area contributed by atoms with E-state index in [1.165, 1.54) is 0 Å². The predicted octanol–water partition coefficient (Wildman–Crippen LogP) is 3.47. The first kappa shape index (κ1) is 17.1. The van der Waals surface area contributed by atoms with Crippen molar-refractivity contribution in [2.75, 3.05) is 31.1 Å². The van der Waals surface area contributed by atoms with Crippen LogP contribution in [0.3, 0.4) is 0 Å². The quantitative estimate of drug-likeness (QED) is 0.785. The fourth-order valence-corrected chi connectivity index (χ4v) is 3.96. The molecule has 1 aromatic heterocycles. The predicted molar refractivity (Wildman–Crippen MR) is 101 cm³/mol. The number of aromatic nitrogens is 2. The van der Waals surface area contributed by atoms with Crippen molar-refractivity contribution in [3.8, 4) is 0 Å². The van der Waals surface area contributed by atoms with Crippen LogP contribution < -0.4 is 4.90 Å². The highest BCUT2D eigenvalue weighted by Gasteiger charge is 2.46. The van der Waals surface area contributed by atoms with E-state index in [0.717, 1.165) is 55.7 Å². The van der Waals surface area contributed by atoms with Gasteiger partial charge in [-0.05, 0) is 45.7 Å². The van der Waals surface area contributed by atoms with Gasteiger partial charge in [0.05, 0.1) is 5.52 Å². The second kappa shape index (κ2) is 6.11. The zero-order valence-corrected chi connectivity index (χ0v) is 15.7. The molecule has 2 aliphatic heterocycles. The van der Waals surface area contributed by atoms with Crippen molar-refractivity contribution in [3.63, 3.8) is 0 Å². The average molecular weight is 354 g/mol. The van der Waals surface area contributed by atoms with Crippen LogP contribution in [-0.4, -0.2) is 52.7 Å². The van der Waals surface area contributed by atoms with Crippen molar-refractivity contribution in [2.45, 2.75) is 39.2 Å². The molecule has 0 bridgehead atoms. The number of ether oxygens (including phenoxy) is 1. The van der Waals surface area contributed by atoms with Gasteiger partial charge in [-0.1, -0.05) is 12.1 Å². The van der Waals surface area contributed by atoms with E-state index in [4.69, 9.17) is 4.74 Å². The monoisotopic (exact) mass is 354 g/mol. The second-order valence-electron chi connectivity index (χ2n) is 8.54. The van der Waals surface area contributed by atoms with Crippen molar-refractivity contribution in [3.05, 3.63) is 30.6 Å². The molecule has 2 aliphatic rings. The van der Waals surface area contributed by atoms with Gasteiger partial charge in [-0.15, -0.1) is 0 Å². The summed E-state index contributed by atoms with van der Waals surface area (Å²) in [6.45, 7) is 9.26. The smallest absolute Gasteiger partial charge is 0.410 e. The molecule has 3 heterocycles. The van der Waals surface area contributed by atoms with Crippen LogP contribution in [0.2, 0.25) is 0 Å². The first-order valence-corrected chi connectivity index (χ1v) is 9.28. The number of piperidine rings is 1. The number of amides is 1. The summed E-state index contributed by atoms with van der Waals surface area (Å²) in [5.74, 6) is 1.02. The summed E-state index contributed by atoms with van der Waals surface area (Å²) in [6.07, 6.45) is 3.50. The number of nitrogens with zero attached hydrogens (tertiary/aromatic N) is 4. The van der Waals surface area contributed by atoms with Crippen LogP contribution in [0.5, 0.6) is 0 Å². The van der Waals surface area contributed by atoms with Crippen LogP contribution in [0.15, 0.2) is 30.6 Å². The van der Waals surface area contributed by atoms with Gasteiger partial charge in [0.2, 0.25) is 0 Å². The van der Waals surface area contributed by atoms with Gasteiger partial charge in [-0.25, -0.2) is 14.8 Å². The van der Waals surface area contributed by atoms with Crippen molar-refractivity contribution in [1.29, 1.82) is 0 Å². The lowest BCUT2D eigenvalue weighted by Crippen LogP contribution is -2.61. The van der Waals surface area contributed by atoms with E-state index in [2.05, 4.69) is 20.9 Å². The second-order valence-corrected chi connectivity index (χ2v) is 8.54. The molecule has 0 radical (unpaired) electrons. The topological polar surface area (TPSA) is 58.6 Å². The third-order valence-electron chi connectivity index (χ3n) is 5.35. The van der Waals surface area contributed by atoms with Gasteiger partial charge < -0.3 is 14.5 Å². The van der Waals surface area contributed by atoms with E-state index in [0.29, 0.717) is 5.41 Å². The zero-order chi connectivity index (χ0) is 18.4. The highest BCUT2D eigenvalue weighted by molar-refractivity contribution is 5.89. The minimum atomic E-state index is -0.437. The Hall–Kier alpha value is -2.37. The first-order valence-electron chi connectivity index (χ1n) is 9.28. The highest BCUT2D eigenvalue weighted by atomic mass is 16.6. The molecule has 0 unspecified atom stereocenters. The van der Waals surface area contributed by atoms with Gasteiger partial charge in [0.15, 0.2) is 0 Å². The van der Waals surface area contributed by atoms with Crippen LogP contribution >= 0.6 is 0 Å². The lowest BCUT2D eigenvalue weighted by Gasteiger charge is -2.54. The van der Waals surface area contributed by atoms with E-state index < -0.39 is 5.60 Å². The Morgan fingerprint density at radius 1 is 1.12 bits per heavy atom. The molecule has 6 nitrogen and oxygen atoms in total. The Balaban J connectivity index is 1.39. The summed E-state index contributed by atoms with van der Waals surface area (Å²) in [7, 11) is 0. The summed E-state index contributed by atoms with van der Waals surface area (Å²) in [6, 6.07) is 8.14. The largest absolute Gasteiger partial charge is 0.444 e. The van der Waals surface area contributed by atoms with Crippen molar-refractivity contribution in [2.24, 2.45) is 5.41 Å². The maximum absolute atomic E-state index is 12.2. The van der Waals surface area contributed by atoms with Crippen molar-refractivity contribution >= 4 is 22.8 Å². The summed E-state index contributed by atoms with van der Waals surface area (Å²) < 4.78 is 5.50. The van der Waals surface area contributed by atoms with E-state index in [9.17, 15) is 4.79 Å². The lowest BCUT2D eigenvalue weighted by atomic mass is 9.72. The number of anilines is 1. The van der Waals surface area contributed by atoms with Gasteiger partial charge in [-0.2, -0.15) is 0 Å². The first-order chi connectivity index (χ1) is 12.4. The molecule has 1 spiro atoms. The summed E-state index contributed by atoms with van der Waals surface area (Å²) in [4.78, 5) is 25.3. The molecular weight excluding hydrogens is 328 g/mol. The molecule has 0 aliphatic carbocycles. The third kappa shape index (κ3) is 3.20. The Morgan fingerprint density at radius 3 is 2.50 bits per heavy atom. The SMILES string of the molecule is CC(C)(C)OC(=O)N1CCC2(CC1)CN(c1ncnc3ccccc13)C2. The minimum Gasteiger partial charge on any atom is -0.444 e. The third-order valence-corrected chi connectivity index (χ3v) is 5.35. The van der Waals surface area contributed by atoms with Gasteiger partial charge in [0.25, 0.3) is 0 Å². The molecule has 0 N–H and O–H groups in total. The summed E-state index contributed by atoms with van der Waals surface area (Å²) in [5, 5.41) is 1.11. The van der Waals surface area contributed by atoms with Crippen LogP contribution in [-0.2, 0) is 4.74 Å². The molecular formula is C20H26N4O2. The number of carbonyl (C=O) groups excluding carboxylic acids is 1. The van der Waals surface area contributed by atoms with Crippen LogP contribution in [0.4, 0.5) is 10.6 Å². The van der Waals surface area contributed by atoms with E-state index in [-0.39, 0.29) is 6.09 Å². The fourth-order valence-electron chi connectivity index (χ4n) is 3.96. The number of fused-ring (bicyclic) bond motifs is 1. The zero-order valence-electron chi connectivity index (χ0n) is 15.7. The molecule has 138 valence electrons. The molecule has 2 aromatic rings. The molecule has 1 amide bonds. The van der Waals surface area contributed by atoms with Crippen LogP contribution in [0, 0.1) is 5.41 Å². The van der Waals surface area contributed by atoms with Gasteiger partial charge >= 0.3 is 6.09 Å². The molecule has 4 rings (SSSR count). The van der Waals surface area contributed by atoms with Gasteiger partial charge in [0, 0.05) is 37.0 Å². The molecule has 0 atom stereocenters. The van der Waals surface area contributed by atoms with Crippen molar-refractivity contribution in [1.82, 2.24) is 14.9 Å². The van der Waals surface area contributed by atoms with Crippen LogP contribution in [0.1, 0.15) is 33.6 Å². The Bertz CT molecular complexity index is 809. The fraction of sp³-hybridized carbons (Fsp3) is 0.550. The van der Waals surface area contributed by atoms with Crippen LogP contribution in [0.25, 0.3) is 10.9 Å². The normalized spacial score (nSPS) is 19.5. The van der Waals surface area contributed by atoms with Gasteiger partial charge in [0.1, 0.15) is 17.7 Å². The molecule has 26 heavy (non-hydrogen) atoms. The van der Waals surface area contributed by atoms with Crippen molar-refractivity contribution < 1.29 is 9.53 Å².